The number of rotatable bonds is 5. The van der Waals surface area contributed by atoms with Gasteiger partial charge in [0.05, 0.1) is 6.67 Å². The molecule has 0 saturated carbocycles. The van der Waals surface area contributed by atoms with E-state index in [0.29, 0.717) is 0 Å². The second kappa shape index (κ2) is 6.16. The van der Waals surface area contributed by atoms with Gasteiger partial charge in [0.1, 0.15) is 12.0 Å². The molecule has 0 bridgehead atoms. The molecule has 0 unspecified atom stereocenters. The average Bonchev–Trinajstić information content (AvgIpc) is 2.37. The van der Waals surface area contributed by atoms with Gasteiger partial charge in [0.25, 0.3) is 0 Å². The number of nitrogens with one attached hydrogen (secondary N) is 1. The van der Waals surface area contributed by atoms with Crippen molar-refractivity contribution in [3.63, 3.8) is 0 Å². The molecule has 0 aliphatic carbocycles. The van der Waals surface area contributed by atoms with Crippen LogP contribution in [0.4, 0.5) is 0 Å². The van der Waals surface area contributed by atoms with Crippen molar-refractivity contribution in [1.82, 2.24) is 5.32 Å². The number of hydrogen-bond donors (Lipinski definition) is 2. The van der Waals surface area contributed by atoms with Crippen LogP contribution < -0.4 is 11.1 Å². The molecule has 5 nitrogen and oxygen atoms in total. The number of carbonyl (C=O) groups is 2. The van der Waals surface area contributed by atoms with E-state index in [1.54, 1.807) is 0 Å². The van der Waals surface area contributed by atoms with Crippen molar-refractivity contribution in [2.24, 2.45) is 11.1 Å². The number of carbonyl (C=O) groups excluding carboxylic acids is 2. The molecule has 0 saturated heterocycles. The van der Waals surface area contributed by atoms with E-state index in [9.17, 15) is 9.59 Å². The van der Waals surface area contributed by atoms with Crippen LogP contribution in [0.25, 0.3) is 0 Å². The first-order valence-electron chi connectivity index (χ1n) is 5.68. The Morgan fingerprint density at radius 3 is 2.44 bits per heavy atom. The summed E-state index contributed by atoms with van der Waals surface area (Å²) in [6, 6.07) is 9.29. The quantitative estimate of drug-likeness (QED) is 0.460. The predicted octanol–water partition coefficient (Wildman–Crippen LogP) is 0.788. The van der Waals surface area contributed by atoms with Gasteiger partial charge >= 0.3 is 5.97 Å². The average molecular weight is 250 g/mol. The maximum atomic E-state index is 11.8. The number of nitrogens with two attached hydrogens (primary N) is 1. The lowest BCUT2D eigenvalue weighted by molar-refractivity contribution is -0.160. The third-order valence-electron chi connectivity index (χ3n) is 2.55. The molecule has 0 atom stereocenters. The first-order chi connectivity index (χ1) is 8.48. The standard InChI is InChI=1S/C13H18N2O3/c1-13(2,11(16)15-9-14)12(17)18-8-10-6-4-3-5-7-10/h3-7H,8-9,14H2,1-2H3,(H,15,16). The van der Waals surface area contributed by atoms with Crippen LogP contribution in [-0.4, -0.2) is 18.5 Å². The Labute approximate surface area is 106 Å². The molecule has 0 heterocycles. The molecule has 1 rings (SSSR count). The number of benzene rings is 1. The molecular weight excluding hydrogens is 232 g/mol. The van der Waals surface area contributed by atoms with Crippen LogP contribution in [-0.2, 0) is 20.9 Å². The van der Waals surface area contributed by atoms with Crippen molar-refractivity contribution in [3.8, 4) is 0 Å². The van der Waals surface area contributed by atoms with Gasteiger partial charge < -0.3 is 15.8 Å². The highest BCUT2D eigenvalue weighted by Gasteiger charge is 2.37. The van der Waals surface area contributed by atoms with Crippen LogP contribution in [0.5, 0.6) is 0 Å². The normalized spacial score (nSPS) is 10.8. The van der Waals surface area contributed by atoms with Gasteiger partial charge in [-0.1, -0.05) is 30.3 Å². The minimum absolute atomic E-state index is 0.00573. The largest absolute Gasteiger partial charge is 0.460 e. The van der Waals surface area contributed by atoms with Gasteiger partial charge in [0.2, 0.25) is 5.91 Å². The summed E-state index contributed by atoms with van der Waals surface area (Å²) in [5.41, 5.74) is 4.84. The summed E-state index contributed by atoms with van der Waals surface area (Å²) in [6.45, 7) is 3.16. The van der Waals surface area contributed by atoms with Crippen molar-refractivity contribution in [2.45, 2.75) is 20.5 Å². The summed E-state index contributed by atoms with van der Waals surface area (Å²) >= 11 is 0. The fraction of sp³-hybridized carbons (Fsp3) is 0.385. The van der Waals surface area contributed by atoms with Gasteiger partial charge in [0.15, 0.2) is 0 Å². The number of amides is 1. The van der Waals surface area contributed by atoms with Crippen LogP contribution in [0, 0.1) is 5.41 Å². The molecule has 98 valence electrons. The van der Waals surface area contributed by atoms with E-state index < -0.39 is 17.3 Å². The van der Waals surface area contributed by atoms with Crippen LogP contribution in [0.15, 0.2) is 30.3 Å². The second-order valence-electron chi connectivity index (χ2n) is 4.40. The predicted molar refractivity (Wildman–Crippen MR) is 67.2 cm³/mol. The molecule has 18 heavy (non-hydrogen) atoms. The van der Waals surface area contributed by atoms with Gasteiger partial charge in [-0.2, -0.15) is 0 Å². The Balaban J connectivity index is 2.57. The molecule has 0 fully saturated rings. The summed E-state index contributed by atoms with van der Waals surface area (Å²) in [5, 5.41) is 2.40. The van der Waals surface area contributed by atoms with E-state index >= 15 is 0 Å². The highest BCUT2D eigenvalue weighted by atomic mass is 16.5. The van der Waals surface area contributed by atoms with E-state index in [4.69, 9.17) is 10.5 Å². The lowest BCUT2D eigenvalue weighted by Gasteiger charge is -2.21. The van der Waals surface area contributed by atoms with Gasteiger partial charge in [-0.15, -0.1) is 0 Å². The fourth-order valence-electron chi connectivity index (χ4n) is 1.31. The van der Waals surface area contributed by atoms with Gasteiger partial charge in [-0.25, -0.2) is 0 Å². The van der Waals surface area contributed by atoms with E-state index in [1.807, 2.05) is 30.3 Å². The molecule has 1 amide bonds. The fourth-order valence-corrected chi connectivity index (χ4v) is 1.31. The Morgan fingerprint density at radius 1 is 1.28 bits per heavy atom. The summed E-state index contributed by atoms with van der Waals surface area (Å²) < 4.78 is 5.12. The maximum absolute atomic E-state index is 11.8. The van der Waals surface area contributed by atoms with E-state index in [1.165, 1.54) is 13.8 Å². The SMILES string of the molecule is CC(C)(C(=O)NCN)C(=O)OCc1ccccc1. The Kier molecular flexibility index (Phi) is 4.85. The van der Waals surface area contributed by atoms with Gasteiger partial charge in [-0.3, -0.25) is 9.59 Å². The Hall–Kier alpha value is -1.88. The summed E-state index contributed by atoms with van der Waals surface area (Å²) in [4.78, 5) is 23.5. The monoisotopic (exact) mass is 250 g/mol. The molecule has 0 spiro atoms. The second-order valence-corrected chi connectivity index (χ2v) is 4.40. The van der Waals surface area contributed by atoms with Gasteiger partial charge in [0, 0.05) is 0 Å². The van der Waals surface area contributed by atoms with Crippen molar-refractivity contribution in [2.75, 3.05) is 6.67 Å². The minimum Gasteiger partial charge on any atom is -0.460 e. The number of esters is 1. The lowest BCUT2D eigenvalue weighted by atomic mass is 9.92. The zero-order valence-corrected chi connectivity index (χ0v) is 10.6. The molecule has 0 aromatic heterocycles. The smallest absolute Gasteiger partial charge is 0.321 e. The van der Waals surface area contributed by atoms with Crippen molar-refractivity contribution < 1.29 is 14.3 Å². The van der Waals surface area contributed by atoms with Crippen LogP contribution in [0.2, 0.25) is 0 Å². The van der Waals surface area contributed by atoms with Crippen molar-refractivity contribution in [3.05, 3.63) is 35.9 Å². The maximum Gasteiger partial charge on any atom is 0.321 e. The summed E-state index contributed by atoms with van der Waals surface area (Å²) in [5.74, 6) is -1.01. The molecule has 3 N–H and O–H groups in total. The van der Waals surface area contributed by atoms with Gasteiger partial charge in [-0.05, 0) is 19.4 Å². The molecule has 0 aliphatic rings. The highest BCUT2D eigenvalue weighted by Crippen LogP contribution is 2.18. The Bertz CT molecular complexity index is 416. The minimum atomic E-state index is -1.24. The van der Waals surface area contributed by atoms with Crippen LogP contribution in [0.3, 0.4) is 0 Å². The molecule has 1 aromatic carbocycles. The topological polar surface area (TPSA) is 81.4 Å². The first-order valence-corrected chi connectivity index (χ1v) is 5.68. The summed E-state index contributed by atoms with van der Waals surface area (Å²) in [7, 11) is 0. The van der Waals surface area contributed by atoms with Crippen molar-refractivity contribution >= 4 is 11.9 Å². The van der Waals surface area contributed by atoms with E-state index in [0.717, 1.165) is 5.56 Å². The molecule has 0 aliphatic heterocycles. The summed E-state index contributed by atoms with van der Waals surface area (Å²) in [6.07, 6.45) is 0. The van der Waals surface area contributed by atoms with Crippen LogP contribution >= 0.6 is 0 Å². The third-order valence-corrected chi connectivity index (χ3v) is 2.55. The molecule has 5 heteroatoms. The van der Waals surface area contributed by atoms with E-state index in [-0.39, 0.29) is 13.3 Å². The Morgan fingerprint density at radius 2 is 1.89 bits per heavy atom. The van der Waals surface area contributed by atoms with Crippen molar-refractivity contribution in [1.29, 1.82) is 0 Å². The molecule has 1 aromatic rings. The number of hydrogen-bond acceptors (Lipinski definition) is 4. The highest BCUT2D eigenvalue weighted by molar-refractivity contribution is 6.01. The first kappa shape index (κ1) is 14.2. The van der Waals surface area contributed by atoms with E-state index in [2.05, 4.69) is 5.32 Å². The van der Waals surface area contributed by atoms with Crippen LogP contribution in [0.1, 0.15) is 19.4 Å². The number of ether oxygens (including phenoxy) is 1. The zero-order valence-electron chi connectivity index (χ0n) is 10.6. The third kappa shape index (κ3) is 3.56. The lowest BCUT2D eigenvalue weighted by Crippen LogP contribution is -2.45. The molecular formula is C13H18N2O3. The molecule has 0 radical (unpaired) electrons. The zero-order chi connectivity index (χ0) is 13.6.